The maximum absolute atomic E-state index is 11.8. The molecule has 1 amide bonds. The Balaban J connectivity index is 0.00000364. The van der Waals surface area contributed by atoms with Crippen molar-refractivity contribution in [3.63, 3.8) is 0 Å². The van der Waals surface area contributed by atoms with Crippen LogP contribution in [0.4, 0.5) is 5.82 Å². The fourth-order valence-corrected chi connectivity index (χ4v) is 2.49. The van der Waals surface area contributed by atoms with E-state index in [0.29, 0.717) is 49.4 Å². The Bertz CT molecular complexity index is 742. The number of carbonyl (C=O) groups is 1. The maximum Gasteiger partial charge on any atom is 0.277 e. The Morgan fingerprint density at radius 3 is 2.59 bits per heavy atom. The third kappa shape index (κ3) is 6.46. The summed E-state index contributed by atoms with van der Waals surface area (Å²) in [6.45, 7) is 6.27. The zero-order valence-corrected chi connectivity index (χ0v) is 16.7. The highest BCUT2D eigenvalue weighted by Crippen LogP contribution is 2.36. The number of nitrogens with two attached hydrogens (primary N) is 1. The average molecular weight is 420 g/mol. The summed E-state index contributed by atoms with van der Waals surface area (Å²) in [7, 11) is 0. The number of benzene rings is 1. The normalized spacial score (nSPS) is 10.2. The molecule has 0 unspecified atom stereocenters. The summed E-state index contributed by atoms with van der Waals surface area (Å²) in [6, 6.07) is 3.70. The second kappa shape index (κ2) is 11.5. The van der Waals surface area contributed by atoms with Gasteiger partial charge in [0.25, 0.3) is 5.91 Å². The number of nitrogen functional groups attached to an aromatic ring is 1. The minimum absolute atomic E-state index is 0. The van der Waals surface area contributed by atoms with Gasteiger partial charge in [-0.3, -0.25) is 4.79 Å². The zero-order chi connectivity index (χ0) is 18.9. The van der Waals surface area contributed by atoms with Gasteiger partial charge in [0.2, 0.25) is 11.5 Å². The number of nitrogens with one attached hydrogen (secondary N) is 2. The molecule has 0 saturated carbocycles. The smallest absolute Gasteiger partial charge is 0.277 e. The summed E-state index contributed by atoms with van der Waals surface area (Å²) >= 11 is 6.28. The number of anilines is 1. The lowest BCUT2D eigenvalue weighted by molar-refractivity contribution is 0.0944. The number of rotatable bonds is 10. The Labute approximate surface area is 168 Å². The van der Waals surface area contributed by atoms with Crippen LogP contribution in [0, 0.1) is 0 Å². The van der Waals surface area contributed by atoms with Crippen LogP contribution in [-0.4, -0.2) is 42.5 Å². The molecule has 0 radical (unpaired) electrons. The van der Waals surface area contributed by atoms with Gasteiger partial charge in [-0.2, -0.15) is 0 Å². The predicted octanol–water partition coefficient (Wildman–Crippen LogP) is 2.04. The molecule has 0 atom stereocenters. The number of aromatic nitrogens is 2. The van der Waals surface area contributed by atoms with Gasteiger partial charge in [-0.05, 0) is 41.9 Å². The Morgan fingerprint density at radius 1 is 1.22 bits per heavy atom. The van der Waals surface area contributed by atoms with Crippen LogP contribution in [0.25, 0.3) is 0 Å². The number of nitrogens with zero attached hydrogens (tertiary/aromatic N) is 2. The fraction of sp³-hybridized carbons (Fsp3) is 0.438. The van der Waals surface area contributed by atoms with E-state index in [9.17, 15) is 4.79 Å². The highest BCUT2D eigenvalue weighted by atomic mass is 35.5. The van der Waals surface area contributed by atoms with E-state index in [4.69, 9.17) is 26.8 Å². The van der Waals surface area contributed by atoms with Crippen LogP contribution in [0.1, 0.15) is 29.9 Å². The molecule has 0 aliphatic carbocycles. The molecule has 0 fully saturated rings. The van der Waals surface area contributed by atoms with Crippen molar-refractivity contribution >= 4 is 35.7 Å². The molecule has 1 aromatic heterocycles. The Hall–Kier alpha value is -2.23. The number of hydrogen-bond acceptors (Lipinski definition) is 8. The van der Waals surface area contributed by atoms with Gasteiger partial charge in [-0.1, -0.05) is 11.6 Å². The van der Waals surface area contributed by atoms with E-state index in [2.05, 4.69) is 25.6 Å². The van der Waals surface area contributed by atoms with E-state index < -0.39 is 5.91 Å². The monoisotopic (exact) mass is 419 g/mol. The van der Waals surface area contributed by atoms with Gasteiger partial charge < -0.3 is 25.8 Å². The molecule has 9 nitrogen and oxygen atoms in total. The molecular formula is C16H23Cl2N5O4. The lowest BCUT2D eigenvalue weighted by Crippen LogP contribution is -2.32. The second-order valence-electron chi connectivity index (χ2n) is 5.20. The molecule has 0 bridgehead atoms. The molecule has 2 rings (SSSR count). The van der Waals surface area contributed by atoms with Gasteiger partial charge in [0.15, 0.2) is 11.5 Å². The minimum atomic E-state index is -0.437. The zero-order valence-electron chi connectivity index (χ0n) is 15.1. The van der Waals surface area contributed by atoms with Crippen molar-refractivity contribution in [1.82, 2.24) is 20.9 Å². The fourth-order valence-electron chi connectivity index (χ4n) is 2.20. The topological polar surface area (TPSA) is 125 Å². The standard InChI is InChI=1S/C16H22ClN5O4.ClH/c1-3-24-12-8-10(7-11(17)14(12)25-4-2)9-19-5-6-20-16(23)13-15(18)22-26-21-13;/h7-8,19H,3-6,9H2,1-2H3,(H2,18,22)(H,20,23);1H. The molecule has 1 heterocycles. The van der Waals surface area contributed by atoms with E-state index in [-0.39, 0.29) is 23.9 Å². The highest BCUT2D eigenvalue weighted by Gasteiger charge is 2.15. The van der Waals surface area contributed by atoms with E-state index in [1.54, 1.807) is 0 Å². The van der Waals surface area contributed by atoms with Crippen molar-refractivity contribution in [3.05, 3.63) is 28.4 Å². The number of ether oxygens (including phenoxy) is 2. The first-order chi connectivity index (χ1) is 12.6. The maximum atomic E-state index is 11.8. The number of amides is 1. The Morgan fingerprint density at radius 2 is 1.96 bits per heavy atom. The van der Waals surface area contributed by atoms with Crippen LogP contribution in [0.15, 0.2) is 16.8 Å². The van der Waals surface area contributed by atoms with Crippen molar-refractivity contribution in [2.24, 2.45) is 0 Å². The first kappa shape index (κ1) is 22.8. The molecule has 0 aliphatic rings. The van der Waals surface area contributed by atoms with Crippen LogP contribution in [0.3, 0.4) is 0 Å². The van der Waals surface area contributed by atoms with Crippen LogP contribution in [0.5, 0.6) is 11.5 Å². The van der Waals surface area contributed by atoms with Crippen LogP contribution >= 0.6 is 24.0 Å². The van der Waals surface area contributed by atoms with Crippen molar-refractivity contribution in [2.45, 2.75) is 20.4 Å². The first-order valence-corrected chi connectivity index (χ1v) is 8.59. The second-order valence-corrected chi connectivity index (χ2v) is 5.61. The molecule has 150 valence electrons. The number of hydrogen-bond donors (Lipinski definition) is 3. The van der Waals surface area contributed by atoms with E-state index in [1.807, 2.05) is 26.0 Å². The summed E-state index contributed by atoms with van der Waals surface area (Å²) in [5, 5.41) is 13.2. The number of halogens is 2. The summed E-state index contributed by atoms with van der Waals surface area (Å²) in [5.41, 5.74) is 6.38. The van der Waals surface area contributed by atoms with Gasteiger partial charge in [0.05, 0.1) is 18.2 Å². The SMILES string of the molecule is CCOc1cc(CNCCNC(=O)c2nonc2N)cc(Cl)c1OCC.Cl. The number of carbonyl (C=O) groups excluding carboxylic acids is 1. The Kier molecular flexibility index (Phi) is 9.70. The van der Waals surface area contributed by atoms with Crippen LogP contribution in [-0.2, 0) is 6.54 Å². The van der Waals surface area contributed by atoms with Gasteiger partial charge in [0.1, 0.15) is 0 Å². The molecule has 27 heavy (non-hydrogen) atoms. The average Bonchev–Trinajstić information content (AvgIpc) is 3.04. The van der Waals surface area contributed by atoms with Crippen molar-refractivity contribution in [3.8, 4) is 11.5 Å². The molecular weight excluding hydrogens is 397 g/mol. The molecule has 0 saturated heterocycles. The van der Waals surface area contributed by atoms with E-state index in [1.165, 1.54) is 0 Å². The predicted molar refractivity (Wildman–Crippen MR) is 104 cm³/mol. The van der Waals surface area contributed by atoms with Crippen molar-refractivity contribution < 1.29 is 18.9 Å². The lowest BCUT2D eigenvalue weighted by Gasteiger charge is -2.14. The summed E-state index contributed by atoms with van der Waals surface area (Å²) in [5.74, 6) is 0.683. The van der Waals surface area contributed by atoms with Gasteiger partial charge >= 0.3 is 0 Å². The largest absolute Gasteiger partial charge is 0.490 e. The highest BCUT2D eigenvalue weighted by molar-refractivity contribution is 6.32. The molecule has 4 N–H and O–H groups in total. The molecule has 1 aromatic carbocycles. The quantitative estimate of drug-likeness (QED) is 0.499. The summed E-state index contributed by atoms with van der Waals surface area (Å²) in [6.07, 6.45) is 0. The van der Waals surface area contributed by atoms with Gasteiger partial charge in [-0.15, -0.1) is 12.4 Å². The minimum Gasteiger partial charge on any atom is -0.490 e. The van der Waals surface area contributed by atoms with Gasteiger partial charge in [-0.25, -0.2) is 4.63 Å². The van der Waals surface area contributed by atoms with Crippen LogP contribution < -0.4 is 25.8 Å². The third-order valence-electron chi connectivity index (χ3n) is 3.30. The van der Waals surface area contributed by atoms with E-state index >= 15 is 0 Å². The van der Waals surface area contributed by atoms with Crippen LogP contribution in [0.2, 0.25) is 5.02 Å². The lowest BCUT2D eigenvalue weighted by atomic mass is 10.2. The van der Waals surface area contributed by atoms with Crippen molar-refractivity contribution in [1.29, 1.82) is 0 Å². The summed E-state index contributed by atoms with van der Waals surface area (Å²) < 4.78 is 15.5. The molecule has 2 aromatic rings. The molecule has 11 heteroatoms. The molecule has 0 spiro atoms. The summed E-state index contributed by atoms with van der Waals surface area (Å²) in [4.78, 5) is 11.8. The van der Waals surface area contributed by atoms with Crippen molar-refractivity contribution in [2.75, 3.05) is 32.0 Å². The third-order valence-corrected chi connectivity index (χ3v) is 3.58. The van der Waals surface area contributed by atoms with Gasteiger partial charge in [0, 0.05) is 19.6 Å². The molecule has 0 aliphatic heterocycles. The first-order valence-electron chi connectivity index (χ1n) is 8.21. The van der Waals surface area contributed by atoms with E-state index in [0.717, 1.165) is 5.56 Å².